The van der Waals surface area contributed by atoms with E-state index in [9.17, 15) is 19.2 Å². The van der Waals surface area contributed by atoms with E-state index < -0.39 is 36.0 Å². The largest absolute Gasteiger partial charge is 0.454 e. The number of rotatable bonds is 6. The molecule has 2 heterocycles. The molecular formula is C18H22N4O6. The minimum absolute atomic E-state index is 0.0892. The van der Waals surface area contributed by atoms with Crippen LogP contribution in [0.2, 0.25) is 0 Å². The molecular weight excluding hydrogens is 368 g/mol. The Labute approximate surface area is 161 Å². The molecule has 10 heteroatoms. The third kappa shape index (κ3) is 3.45. The van der Waals surface area contributed by atoms with E-state index in [2.05, 4.69) is 16.0 Å². The lowest BCUT2D eigenvalue weighted by Gasteiger charge is -2.22. The van der Waals surface area contributed by atoms with Crippen molar-refractivity contribution in [1.29, 1.82) is 0 Å². The van der Waals surface area contributed by atoms with Crippen molar-refractivity contribution in [2.45, 2.75) is 32.4 Å². The van der Waals surface area contributed by atoms with E-state index in [-0.39, 0.29) is 12.7 Å². The number of fused-ring (bicyclic) bond motifs is 1. The van der Waals surface area contributed by atoms with Crippen molar-refractivity contribution in [1.82, 2.24) is 20.9 Å². The fraction of sp³-hybridized carbons (Fsp3) is 0.444. The van der Waals surface area contributed by atoms with E-state index in [0.717, 1.165) is 4.90 Å². The van der Waals surface area contributed by atoms with Gasteiger partial charge in [-0.1, -0.05) is 6.07 Å². The minimum Gasteiger partial charge on any atom is -0.454 e. The van der Waals surface area contributed by atoms with E-state index in [1.807, 2.05) is 0 Å². The van der Waals surface area contributed by atoms with Crippen LogP contribution in [-0.2, 0) is 19.9 Å². The number of nitrogens with one attached hydrogen (secondary N) is 3. The number of hydrogen-bond acceptors (Lipinski definition) is 6. The number of amides is 5. The molecule has 0 aliphatic carbocycles. The zero-order valence-corrected chi connectivity index (χ0v) is 15.8. The number of ether oxygens (including phenoxy) is 2. The van der Waals surface area contributed by atoms with Gasteiger partial charge in [0.25, 0.3) is 5.91 Å². The van der Waals surface area contributed by atoms with Gasteiger partial charge in [0.05, 0.1) is 0 Å². The second-order valence-electron chi connectivity index (χ2n) is 6.70. The lowest BCUT2D eigenvalue weighted by Crippen LogP contribution is -2.49. The molecule has 28 heavy (non-hydrogen) atoms. The van der Waals surface area contributed by atoms with Crippen LogP contribution in [0.25, 0.3) is 0 Å². The number of carbonyl (C=O) groups excluding carboxylic acids is 4. The van der Waals surface area contributed by atoms with Gasteiger partial charge < -0.3 is 25.4 Å². The van der Waals surface area contributed by atoms with Gasteiger partial charge in [-0.25, -0.2) is 4.79 Å². The van der Waals surface area contributed by atoms with Gasteiger partial charge >= 0.3 is 6.03 Å². The number of likely N-dealkylation sites (N-methyl/N-ethyl adjacent to an activating group) is 1. The smallest absolute Gasteiger partial charge is 0.325 e. The van der Waals surface area contributed by atoms with Crippen molar-refractivity contribution in [3.63, 3.8) is 0 Å². The molecule has 1 aromatic rings. The van der Waals surface area contributed by atoms with Gasteiger partial charge in [-0.15, -0.1) is 0 Å². The summed E-state index contributed by atoms with van der Waals surface area (Å²) in [6.45, 7) is 4.86. The predicted octanol–water partition coefficient (Wildman–Crippen LogP) is -0.177. The Balaban J connectivity index is 1.71. The standard InChI is InChI=1S/C18H22N4O6/c1-4-19-15(24)10(2)20-14(23)8-22-16(25)18(3,21-17(22)26)11-5-6-12-13(7-11)28-9-27-12/h5-7,10H,4,8-9H2,1-3H3,(H,19,24)(H,20,23)(H,21,26)/t10-,18-/m0/s1. The molecule has 0 bridgehead atoms. The van der Waals surface area contributed by atoms with Crippen LogP contribution in [-0.4, -0.2) is 54.6 Å². The lowest BCUT2D eigenvalue weighted by molar-refractivity contribution is -0.135. The molecule has 0 saturated carbocycles. The summed E-state index contributed by atoms with van der Waals surface area (Å²) in [5.41, 5.74) is -0.836. The Hall–Kier alpha value is -3.30. The van der Waals surface area contributed by atoms with Gasteiger partial charge in [-0.3, -0.25) is 19.3 Å². The lowest BCUT2D eigenvalue weighted by atomic mass is 9.91. The van der Waals surface area contributed by atoms with Crippen molar-refractivity contribution in [3.05, 3.63) is 23.8 Å². The highest BCUT2D eigenvalue weighted by atomic mass is 16.7. The fourth-order valence-electron chi connectivity index (χ4n) is 3.07. The van der Waals surface area contributed by atoms with Gasteiger partial charge in [0.1, 0.15) is 18.1 Å². The summed E-state index contributed by atoms with van der Waals surface area (Å²) in [4.78, 5) is 50.0. The summed E-state index contributed by atoms with van der Waals surface area (Å²) in [7, 11) is 0. The molecule has 5 amide bonds. The third-order valence-electron chi connectivity index (χ3n) is 4.65. The molecule has 2 aliphatic rings. The fourth-order valence-corrected chi connectivity index (χ4v) is 3.07. The summed E-state index contributed by atoms with van der Waals surface area (Å²) in [6, 6.07) is 3.47. The summed E-state index contributed by atoms with van der Waals surface area (Å²) in [5.74, 6) is -0.500. The minimum atomic E-state index is -1.34. The molecule has 3 rings (SSSR count). The third-order valence-corrected chi connectivity index (χ3v) is 4.65. The molecule has 150 valence electrons. The maximum atomic E-state index is 12.9. The van der Waals surface area contributed by atoms with Crippen molar-refractivity contribution in [2.24, 2.45) is 0 Å². The zero-order chi connectivity index (χ0) is 20.5. The van der Waals surface area contributed by atoms with Gasteiger partial charge in [-0.2, -0.15) is 0 Å². The van der Waals surface area contributed by atoms with Crippen LogP contribution in [0.5, 0.6) is 11.5 Å². The van der Waals surface area contributed by atoms with Crippen LogP contribution in [0.15, 0.2) is 18.2 Å². The summed E-state index contributed by atoms with van der Waals surface area (Å²) >= 11 is 0. The Morgan fingerprint density at radius 1 is 1.29 bits per heavy atom. The number of carbonyl (C=O) groups is 4. The Morgan fingerprint density at radius 2 is 2.00 bits per heavy atom. The first-order valence-electron chi connectivity index (χ1n) is 8.87. The molecule has 2 atom stereocenters. The highest BCUT2D eigenvalue weighted by Gasteiger charge is 2.50. The molecule has 0 unspecified atom stereocenters. The van der Waals surface area contributed by atoms with Crippen molar-refractivity contribution < 1.29 is 28.7 Å². The number of imide groups is 1. The molecule has 3 N–H and O–H groups in total. The number of hydrogen-bond donors (Lipinski definition) is 3. The second kappa shape index (κ2) is 7.37. The predicted molar refractivity (Wildman–Crippen MR) is 96.5 cm³/mol. The summed E-state index contributed by atoms with van der Waals surface area (Å²) in [6.07, 6.45) is 0. The molecule has 10 nitrogen and oxygen atoms in total. The van der Waals surface area contributed by atoms with Crippen molar-refractivity contribution >= 4 is 23.8 Å². The van der Waals surface area contributed by atoms with Crippen LogP contribution in [0.1, 0.15) is 26.3 Å². The van der Waals surface area contributed by atoms with E-state index in [4.69, 9.17) is 9.47 Å². The quantitative estimate of drug-likeness (QED) is 0.579. The highest BCUT2D eigenvalue weighted by molar-refractivity contribution is 6.09. The number of urea groups is 1. The van der Waals surface area contributed by atoms with Crippen molar-refractivity contribution in [2.75, 3.05) is 19.9 Å². The Kier molecular flexibility index (Phi) is 5.12. The molecule has 0 spiro atoms. The molecule has 1 fully saturated rings. The van der Waals surface area contributed by atoms with E-state index >= 15 is 0 Å². The van der Waals surface area contributed by atoms with Crippen LogP contribution < -0.4 is 25.4 Å². The average Bonchev–Trinajstić information content (AvgIpc) is 3.20. The first-order valence-corrected chi connectivity index (χ1v) is 8.87. The molecule has 2 aliphatic heterocycles. The number of benzene rings is 1. The zero-order valence-electron chi connectivity index (χ0n) is 15.8. The first-order chi connectivity index (χ1) is 13.3. The van der Waals surface area contributed by atoms with E-state index in [0.29, 0.717) is 23.6 Å². The summed E-state index contributed by atoms with van der Waals surface area (Å²) < 4.78 is 10.6. The Bertz CT molecular complexity index is 841. The maximum absolute atomic E-state index is 12.9. The van der Waals surface area contributed by atoms with Crippen molar-refractivity contribution in [3.8, 4) is 11.5 Å². The van der Waals surface area contributed by atoms with Crippen LogP contribution in [0.4, 0.5) is 4.79 Å². The van der Waals surface area contributed by atoms with Gasteiger partial charge in [-0.05, 0) is 38.5 Å². The highest BCUT2D eigenvalue weighted by Crippen LogP contribution is 2.37. The van der Waals surface area contributed by atoms with Gasteiger partial charge in [0.15, 0.2) is 11.5 Å². The first kappa shape index (κ1) is 19.5. The Morgan fingerprint density at radius 3 is 2.71 bits per heavy atom. The van der Waals surface area contributed by atoms with E-state index in [1.165, 1.54) is 6.92 Å². The van der Waals surface area contributed by atoms with Crippen LogP contribution in [0, 0.1) is 0 Å². The second-order valence-corrected chi connectivity index (χ2v) is 6.70. The van der Waals surface area contributed by atoms with Crippen LogP contribution in [0.3, 0.4) is 0 Å². The molecule has 1 saturated heterocycles. The normalized spacial score (nSPS) is 21.3. The molecule has 0 radical (unpaired) electrons. The number of nitrogens with zero attached hydrogens (tertiary/aromatic N) is 1. The SMILES string of the molecule is CCNC(=O)[C@H](C)NC(=O)CN1C(=O)N[C@@](C)(c2ccc3c(c2)OCO3)C1=O. The topological polar surface area (TPSA) is 126 Å². The van der Waals surface area contributed by atoms with E-state index in [1.54, 1.807) is 32.0 Å². The average molecular weight is 390 g/mol. The van der Waals surface area contributed by atoms with Crippen LogP contribution >= 0.6 is 0 Å². The monoisotopic (exact) mass is 390 g/mol. The summed E-state index contributed by atoms with van der Waals surface area (Å²) in [5, 5.41) is 7.67. The maximum Gasteiger partial charge on any atom is 0.325 e. The van der Waals surface area contributed by atoms with Gasteiger partial charge in [0.2, 0.25) is 18.6 Å². The molecule has 1 aromatic carbocycles. The molecule has 0 aromatic heterocycles. The van der Waals surface area contributed by atoms with Gasteiger partial charge in [0, 0.05) is 6.54 Å².